The number of carbonyl (C=O) groups excluding carboxylic acids is 1. The summed E-state index contributed by atoms with van der Waals surface area (Å²) in [6.07, 6.45) is 2.07. The molecule has 0 radical (unpaired) electrons. The highest BCUT2D eigenvalue weighted by atomic mass is 19.4. The lowest BCUT2D eigenvalue weighted by atomic mass is 9.77. The van der Waals surface area contributed by atoms with Crippen molar-refractivity contribution >= 4 is 11.9 Å². The first-order chi connectivity index (χ1) is 15.1. The second-order valence-corrected chi connectivity index (χ2v) is 9.30. The molecule has 10 heteroatoms. The number of hydrogen-bond acceptors (Lipinski definition) is 4. The summed E-state index contributed by atoms with van der Waals surface area (Å²) in [6, 6.07) is 4.04. The molecule has 3 fully saturated rings. The number of halogens is 3. The number of H-pyrrole nitrogens is 1. The predicted octanol–water partition coefficient (Wildman–Crippen LogP) is 2.79. The maximum absolute atomic E-state index is 12.6. The van der Waals surface area contributed by atoms with Gasteiger partial charge < -0.3 is 24.6 Å². The minimum Gasteiger partial charge on any atom is -0.475 e. The number of ether oxygens (including phenoxy) is 1. The molecule has 1 amide bonds. The summed E-state index contributed by atoms with van der Waals surface area (Å²) >= 11 is 0. The first-order valence-corrected chi connectivity index (χ1v) is 11.1. The van der Waals surface area contributed by atoms with E-state index >= 15 is 0 Å². The number of carbonyl (C=O) groups is 2. The number of nitrogens with zero attached hydrogens (tertiary/aromatic N) is 2. The minimum absolute atomic E-state index is 0.250. The molecule has 2 N–H and O–H groups in total. The number of carboxylic acids is 1. The summed E-state index contributed by atoms with van der Waals surface area (Å²) in [5.41, 5.74) is 1.40. The van der Waals surface area contributed by atoms with Crippen LogP contribution in [0.3, 0.4) is 0 Å². The minimum atomic E-state index is -5.08. The average molecular weight is 460 g/mol. The first-order valence-electron chi connectivity index (χ1n) is 11.1. The molecule has 1 saturated carbocycles. The SMILES string of the molecule is CN1C[C@@H](COCC2CC2)[C@]2(CCN(C(=O)CCc3ccc[nH]3)C2)C1.O=C(O)C(F)(F)F. The molecular formula is C22H32F3N3O4. The quantitative estimate of drug-likeness (QED) is 0.655. The topological polar surface area (TPSA) is 85.9 Å². The molecule has 180 valence electrons. The molecule has 32 heavy (non-hydrogen) atoms. The molecule has 1 spiro atoms. The number of aryl methyl sites for hydroxylation is 1. The summed E-state index contributed by atoms with van der Waals surface area (Å²) in [5, 5.41) is 7.12. The normalized spacial score (nSPS) is 25.8. The van der Waals surface area contributed by atoms with Gasteiger partial charge in [0.2, 0.25) is 5.91 Å². The van der Waals surface area contributed by atoms with E-state index in [-0.39, 0.29) is 5.41 Å². The van der Waals surface area contributed by atoms with E-state index in [0.717, 1.165) is 63.8 Å². The van der Waals surface area contributed by atoms with Crippen molar-refractivity contribution in [1.29, 1.82) is 0 Å². The third kappa shape index (κ3) is 6.71. The Bertz CT molecular complexity index is 767. The summed E-state index contributed by atoms with van der Waals surface area (Å²) in [4.78, 5) is 29.3. The fourth-order valence-corrected chi connectivity index (χ4v) is 4.69. The summed E-state index contributed by atoms with van der Waals surface area (Å²) in [7, 11) is 2.21. The standard InChI is InChI=1S/C20H31N3O2.C2HF3O2/c1-22-11-17(13-25-12-16-4-5-16)20(14-22)8-10-23(15-20)19(24)7-6-18-3-2-9-21-18;3-2(4,5)1(6)7/h2-3,9,16-17,21H,4-8,10-15H2,1H3;(H,6,7)/t17-,20+;/m0./s1. The van der Waals surface area contributed by atoms with Crippen LogP contribution in [-0.4, -0.2) is 84.4 Å². The molecule has 2 atom stereocenters. The van der Waals surface area contributed by atoms with Gasteiger partial charge >= 0.3 is 12.1 Å². The number of nitrogens with one attached hydrogen (secondary N) is 1. The van der Waals surface area contributed by atoms with Crippen LogP contribution in [0.4, 0.5) is 13.2 Å². The van der Waals surface area contributed by atoms with Crippen LogP contribution >= 0.6 is 0 Å². The molecule has 2 saturated heterocycles. The van der Waals surface area contributed by atoms with E-state index in [1.54, 1.807) is 0 Å². The second-order valence-electron chi connectivity index (χ2n) is 9.30. The van der Waals surface area contributed by atoms with Crippen LogP contribution < -0.4 is 0 Å². The van der Waals surface area contributed by atoms with Gasteiger partial charge in [0.25, 0.3) is 0 Å². The van der Waals surface area contributed by atoms with Gasteiger partial charge in [-0.1, -0.05) is 0 Å². The highest BCUT2D eigenvalue weighted by Crippen LogP contribution is 2.44. The van der Waals surface area contributed by atoms with E-state index in [1.807, 2.05) is 12.3 Å². The Morgan fingerprint density at radius 2 is 2.00 bits per heavy atom. The van der Waals surface area contributed by atoms with Gasteiger partial charge in [0, 0.05) is 62.4 Å². The Morgan fingerprint density at radius 1 is 1.28 bits per heavy atom. The van der Waals surface area contributed by atoms with Gasteiger partial charge in [-0.2, -0.15) is 13.2 Å². The Kier molecular flexibility index (Phi) is 7.87. The van der Waals surface area contributed by atoms with Crippen LogP contribution in [0.15, 0.2) is 18.3 Å². The van der Waals surface area contributed by atoms with Crippen molar-refractivity contribution in [3.05, 3.63) is 24.0 Å². The Labute approximate surface area is 185 Å². The molecule has 1 aliphatic carbocycles. The highest BCUT2D eigenvalue weighted by molar-refractivity contribution is 5.76. The van der Waals surface area contributed by atoms with Gasteiger partial charge in [0.05, 0.1) is 6.61 Å². The Balaban J connectivity index is 0.000000360. The lowest BCUT2D eigenvalue weighted by Gasteiger charge is -2.30. The number of likely N-dealkylation sites (tertiary alicyclic amines) is 2. The monoisotopic (exact) mass is 459 g/mol. The number of carboxylic acid groups (broad SMARTS) is 1. The summed E-state index contributed by atoms with van der Waals surface area (Å²) in [5.74, 6) is -1.06. The fraction of sp³-hybridized carbons (Fsp3) is 0.727. The van der Waals surface area contributed by atoms with E-state index in [9.17, 15) is 18.0 Å². The van der Waals surface area contributed by atoms with Gasteiger partial charge in [-0.15, -0.1) is 0 Å². The van der Waals surface area contributed by atoms with Crippen molar-refractivity contribution in [3.8, 4) is 0 Å². The van der Waals surface area contributed by atoms with Gasteiger partial charge in [-0.3, -0.25) is 4.79 Å². The lowest BCUT2D eigenvalue weighted by Crippen LogP contribution is -2.38. The Hall–Kier alpha value is -2.07. The highest BCUT2D eigenvalue weighted by Gasteiger charge is 2.50. The fourth-order valence-electron chi connectivity index (χ4n) is 4.69. The van der Waals surface area contributed by atoms with E-state index in [2.05, 4.69) is 27.9 Å². The maximum atomic E-state index is 12.6. The molecule has 2 aliphatic heterocycles. The molecule has 3 aliphatic rings. The number of alkyl halides is 3. The third-order valence-electron chi connectivity index (χ3n) is 6.60. The number of aromatic nitrogens is 1. The van der Waals surface area contributed by atoms with E-state index in [1.165, 1.54) is 12.8 Å². The molecular weight excluding hydrogens is 427 g/mol. The van der Waals surface area contributed by atoms with Crippen molar-refractivity contribution < 1.29 is 32.6 Å². The van der Waals surface area contributed by atoms with Crippen molar-refractivity contribution in [2.24, 2.45) is 17.3 Å². The Morgan fingerprint density at radius 3 is 2.59 bits per heavy atom. The number of aromatic amines is 1. The van der Waals surface area contributed by atoms with Crippen molar-refractivity contribution in [1.82, 2.24) is 14.8 Å². The van der Waals surface area contributed by atoms with Crippen molar-refractivity contribution in [2.45, 2.75) is 38.3 Å². The predicted molar refractivity (Wildman–Crippen MR) is 111 cm³/mol. The largest absolute Gasteiger partial charge is 0.490 e. The molecule has 0 unspecified atom stereocenters. The average Bonchev–Trinajstić information content (AvgIpc) is 3.12. The van der Waals surface area contributed by atoms with E-state index in [0.29, 0.717) is 18.2 Å². The van der Waals surface area contributed by atoms with Crippen LogP contribution in [0.2, 0.25) is 0 Å². The number of hydrogen-bond donors (Lipinski definition) is 2. The molecule has 1 aromatic heterocycles. The van der Waals surface area contributed by atoms with Gasteiger partial charge in [-0.25, -0.2) is 4.79 Å². The van der Waals surface area contributed by atoms with Crippen molar-refractivity contribution in [2.75, 3.05) is 46.4 Å². The second kappa shape index (κ2) is 10.2. The summed E-state index contributed by atoms with van der Waals surface area (Å²) in [6.45, 7) is 5.84. The van der Waals surface area contributed by atoms with E-state index in [4.69, 9.17) is 14.6 Å². The van der Waals surface area contributed by atoms with Crippen LogP contribution in [0.5, 0.6) is 0 Å². The third-order valence-corrected chi connectivity index (χ3v) is 6.60. The van der Waals surface area contributed by atoms with Gasteiger partial charge in [0.15, 0.2) is 0 Å². The van der Waals surface area contributed by atoms with Crippen LogP contribution in [0.25, 0.3) is 0 Å². The molecule has 3 heterocycles. The van der Waals surface area contributed by atoms with Gasteiger partial charge in [0.1, 0.15) is 0 Å². The number of rotatable bonds is 7. The molecule has 0 aromatic carbocycles. The number of amides is 1. The van der Waals surface area contributed by atoms with E-state index < -0.39 is 12.1 Å². The first kappa shape index (κ1) is 24.6. The summed E-state index contributed by atoms with van der Waals surface area (Å²) < 4.78 is 37.8. The lowest BCUT2D eigenvalue weighted by molar-refractivity contribution is -0.192. The zero-order chi connectivity index (χ0) is 23.4. The molecule has 4 rings (SSSR count). The maximum Gasteiger partial charge on any atom is 0.490 e. The van der Waals surface area contributed by atoms with Crippen LogP contribution in [0.1, 0.15) is 31.4 Å². The van der Waals surface area contributed by atoms with Crippen LogP contribution in [-0.2, 0) is 20.7 Å². The number of aliphatic carboxylic acids is 1. The molecule has 7 nitrogen and oxygen atoms in total. The molecule has 0 bridgehead atoms. The molecule has 1 aromatic rings. The zero-order valence-corrected chi connectivity index (χ0v) is 18.4. The van der Waals surface area contributed by atoms with Crippen molar-refractivity contribution in [3.63, 3.8) is 0 Å². The van der Waals surface area contributed by atoms with Crippen LogP contribution in [0, 0.1) is 17.3 Å². The van der Waals surface area contributed by atoms with Gasteiger partial charge in [-0.05, 0) is 50.8 Å². The smallest absolute Gasteiger partial charge is 0.475 e. The zero-order valence-electron chi connectivity index (χ0n) is 18.4.